The number of hydrogen-bond acceptors (Lipinski definition) is 5. The lowest BCUT2D eigenvalue weighted by atomic mass is 10.1. The largest absolute Gasteiger partial charge is 0.339 e. The topological polar surface area (TPSA) is 68.2 Å². The van der Waals surface area contributed by atoms with Crippen LogP contribution in [0.15, 0.2) is 4.52 Å². The lowest BCUT2D eigenvalue weighted by Crippen LogP contribution is -2.13. The first kappa shape index (κ1) is 8.65. The van der Waals surface area contributed by atoms with Gasteiger partial charge in [0.1, 0.15) is 0 Å². The van der Waals surface area contributed by atoms with Crippen molar-refractivity contribution in [3.63, 3.8) is 0 Å². The van der Waals surface area contributed by atoms with Crippen LogP contribution in [0, 0.1) is 0 Å². The van der Waals surface area contributed by atoms with Gasteiger partial charge < -0.3 is 15.2 Å². The zero-order valence-electron chi connectivity index (χ0n) is 7.73. The molecule has 0 saturated carbocycles. The Hall–Kier alpha value is -0.940. The first-order valence-corrected chi connectivity index (χ1v) is 4.50. The fourth-order valence-electron chi connectivity index (χ4n) is 1.65. The number of nitrogens with zero attached hydrogens (tertiary/aromatic N) is 3. The SMILES string of the molecule is CN1CCC(c2nc(CN)no2)C1. The summed E-state index contributed by atoms with van der Waals surface area (Å²) in [7, 11) is 2.10. The van der Waals surface area contributed by atoms with Gasteiger partial charge in [-0.15, -0.1) is 0 Å². The van der Waals surface area contributed by atoms with Crippen molar-refractivity contribution in [1.29, 1.82) is 0 Å². The van der Waals surface area contributed by atoms with Crippen molar-refractivity contribution in [3.8, 4) is 0 Å². The Balaban J connectivity index is 2.08. The molecule has 1 aliphatic rings. The van der Waals surface area contributed by atoms with Crippen LogP contribution in [-0.2, 0) is 6.54 Å². The van der Waals surface area contributed by atoms with Crippen LogP contribution in [0.3, 0.4) is 0 Å². The van der Waals surface area contributed by atoms with Gasteiger partial charge in [0, 0.05) is 6.54 Å². The van der Waals surface area contributed by atoms with Gasteiger partial charge in [0.25, 0.3) is 0 Å². The maximum absolute atomic E-state index is 5.39. The van der Waals surface area contributed by atoms with E-state index in [4.69, 9.17) is 10.3 Å². The molecule has 0 amide bonds. The number of likely N-dealkylation sites (tertiary alicyclic amines) is 1. The molecule has 72 valence electrons. The van der Waals surface area contributed by atoms with Gasteiger partial charge in [0.15, 0.2) is 5.82 Å². The van der Waals surface area contributed by atoms with Gasteiger partial charge >= 0.3 is 0 Å². The standard InChI is InChI=1S/C8H14N4O/c1-12-3-2-6(5-12)8-10-7(4-9)11-13-8/h6H,2-5,9H2,1H3. The van der Waals surface area contributed by atoms with E-state index in [1.807, 2.05) is 0 Å². The third-order valence-electron chi connectivity index (χ3n) is 2.41. The molecule has 2 N–H and O–H groups in total. The summed E-state index contributed by atoms with van der Waals surface area (Å²) in [5, 5.41) is 3.77. The summed E-state index contributed by atoms with van der Waals surface area (Å²) < 4.78 is 5.12. The zero-order valence-corrected chi connectivity index (χ0v) is 7.73. The monoisotopic (exact) mass is 182 g/mol. The Morgan fingerprint density at radius 2 is 2.54 bits per heavy atom. The van der Waals surface area contributed by atoms with Gasteiger partial charge in [0.05, 0.1) is 12.5 Å². The molecule has 2 rings (SSSR count). The van der Waals surface area contributed by atoms with Crippen LogP contribution in [0.5, 0.6) is 0 Å². The normalized spacial score (nSPS) is 24.0. The molecule has 5 nitrogen and oxygen atoms in total. The molecule has 1 aromatic heterocycles. The molecule has 1 fully saturated rings. The Morgan fingerprint density at radius 1 is 1.69 bits per heavy atom. The van der Waals surface area contributed by atoms with E-state index in [9.17, 15) is 0 Å². The van der Waals surface area contributed by atoms with Crippen molar-refractivity contribution in [2.75, 3.05) is 20.1 Å². The number of nitrogens with two attached hydrogens (primary N) is 1. The molecule has 1 atom stereocenters. The number of likely N-dealkylation sites (N-methyl/N-ethyl adjacent to an activating group) is 1. The molecule has 1 saturated heterocycles. The van der Waals surface area contributed by atoms with Crippen molar-refractivity contribution in [2.24, 2.45) is 5.73 Å². The predicted molar refractivity (Wildman–Crippen MR) is 47.0 cm³/mol. The lowest BCUT2D eigenvalue weighted by molar-refractivity contribution is 0.341. The van der Waals surface area contributed by atoms with Crippen molar-refractivity contribution in [2.45, 2.75) is 18.9 Å². The van der Waals surface area contributed by atoms with Gasteiger partial charge in [-0.3, -0.25) is 0 Å². The van der Waals surface area contributed by atoms with E-state index in [-0.39, 0.29) is 0 Å². The number of aromatic nitrogens is 2. The van der Waals surface area contributed by atoms with Gasteiger partial charge in [-0.1, -0.05) is 5.16 Å². The van der Waals surface area contributed by atoms with Crippen LogP contribution in [-0.4, -0.2) is 35.2 Å². The highest BCUT2D eigenvalue weighted by Gasteiger charge is 2.25. The minimum absolute atomic E-state index is 0.353. The fraction of sp³-hybridized carbons (Fsp3) is 0.750. The van der Waals surface area contributed by atoms with Crippen LogP contribution >= 0.6 is 0 Å². The Morgan fingerprint density at radius 3 is 3.08 bits per heavy atom. The summed E-state index contributed by atoms with van der Waals surface area (Å²) in [6, 6.07) is 0. The van der Waals surface area contributed by atoms with Crippen LogP contribution in [0.2, 0.25) is 0 Å². The van der Waals surface area contributed by atoms with E-state index in [0.29, 0.717) is 18.3 Å². The molecule has 5 heteroatoms. The molecule has 0 spiro atoms. The molecule has 2 heterocycles. The maximum Gasteiger partial charge on any atom is 0.231 e. The molecule has 1 aliphatic heterocycles. The van der Waals surface area contributed by atoms with Crippen molar-refractivity contribution in [1.82, 2.24) is 15.0 Å². The Labute approximate surface area is 76.9 Å². The second-order valence-electron chi connectivity index (χ2n) is 3.50. The van der Waals surface area contributed by atoms with Crippen LogP contribution in [0.4, 0.5) is 0 Å². The molecule has 1 aromatic rings. The smallest absolute Gasteiger partial charge is 0.231 e. The zero-order chi connectivity index (χ0) is 9.26. The molecule has 0 aliphatic carbocycles. The molecule has 1 unspecified atom stereocenters. The average Bonchev–Trinajstić information content (AvgIpc) is 2.71. The summed E-state index contributed by atoms with van der Waals surface area (Å²) >= 11 is 0. The minimum atomic E-state index is 0.353. The molecule has 13 heavy (non-hydrogen) atoms. The second-order valence-corrected chi connectivity index (χ2v) is 3.50. The summed E-state index contributed by atoms with van der Waals surface area (Å²) in [6.45, 7) is 2.46. The molecule has 0 radical (unpaired) electrons. The first-order valence-electron chi connectivity index (χ1n) is 4.50. The van der Waals surface area contributed by atoms with Gasteiger partial charge in [-0.25, -0.2) is 0 Å². The molecular formula is C8H14N4O. The third kappa shape index (κ3) is 1.71. The fourth-order valence-corrected chi connectivity index (χ4v) is 1.65. The van der Waals surface area contributed by atoms with E-state index in [1.165, 1.54) is 0 Å². The van der Waals surface area contributed by atoms with Crippen LogP contribution in [0.25, 0.3) is 0 Å². The second kappa shape index (κ2) is 3.43. The summed E-state index contributed by atoms with van der Waals surface area (Å²) in [5.74, 6) is 1.74. The number of hydrogen-bond donors (Lipinski definition) is 1. The van der Waals surface area contributed by atoms with Crippen molar-refractivity contribution < 1.29 is 4.52 Å². The lowest BCUT2D eigenvalue weighted by Gasteiger charge is -2.04. The van der Waals surface area contributed by atoms with Gasteiger partial charge in [-0.05, 0) is 20.0 Å². The number of rotatable bonds is 2. The average molecular weight is 182 g/mol. The Bertz CT molecular complexity index is 285. The summed E-state index contributed by atoms with van der Waals surface area (Å²) in [5.41, 5.74) is 5.39. The van der Waals surface area contributed by atoms with E-state index in [0.717, 1.165) is 25.4 Å². The highest BCUT2D eigenvalue weighted by molar-refractivity contribution is 4.98. The third-order valence-corrected chi connectivity index (χ3v) is 2.41. The van der Waals surface area contributed by atoms with Crippen LogP contribution < -0.4 is 5.73 Å². The minimum Gasteiger partial charge on any atom is -0.339 e. The van der Waals surface area contributed by atoms with E-state index in [1.54, 1.807) is 0 Å². The summed E-state index contributed by atoms with van der Waals surface area (Å²) in [4.78, 5) is 6.48. The van der Waals surface area contributed by atoms with Crippen molar-refractivity contribution in [3.05, 3.63) is 11.7 Å². The van der Waals surface area contributed by atoms with Crippen molar-refractivity contribution >= 4 is 0 Å². The molecule has 0 aromatic carbocycles. The van der Waals surface area contributed by atoms with E-state index in [2.05, 4.69) is 22.1 Å². The van der Waals surface area contributed by atoms with Crippen LogP contribution in [0.1, 0.15) is 24.1 Å². The van der Waals surface area contributed by atoms with E-state index < -0.39 is 0 Å². The van der Waals surface area contributed by atoms with E-state index >= 15 is 0 Å². The summed E-state index contributed by atoms with van der Waals surface area (Å²) in [6.07, 6.45) is 1.10. The first-order chi connectivity index (χ1) is 6.29. The highest BCUT2D eigenvalue weighted by atomic mass is 16.5. The Kier molecular flexibility index (Phi) is 2.28. The molecular weight excluding hydrogens is 168 g/mol. The molecule has 0 bridgehead atoms. The highest BCUT2D eigenvalue weighted by Crippen LogP contribution is 2.24. The maximum atomic E-state index is 5.39. The van der Waals surface area contributed by atoms with Gasteiger partial charge in [0.2, 0.25) is 5.89 Å². The quantitative estimate of drug-likeness (QED) is 0.694. The predicted octanol–water partition coefficient (Wildman–Crippen LogP) is -0.0526. The van der Waals surface area contributed by atoms with Gasteiger partial charge in [-0.2, -0.15) is 4.98 Å².